The van der Waals surface area contributed by atoms with Gasteiger partial charge in [-0.1, -0.05) is 42.3 Å². The van der Waals surface area contributed by atoms with Crippen LogP contribution >= 0.6 is 11.6 Å². The second-order valence-corrected chi connectivity index (χ2v) is 9.69. The van der Waals surface area contributed by atoms with Crippen molar-refractivity contribution in [2.75, 3.05) is 47.1 Å². The van der Waals surface area contributed by atoms with E-state index in [0.717, 1.165) is 50.0 Å². The fourth-order valence-corrected chi connectivity index (χ4v) is 4.77. The summed E-state index contributed by atoms with van der Waals surface area (Å²) >= 11 is 6.25. The van der Waals surface area contributed by atoms with Crippen LogP contribution in [0, 0.1) is 5.92 Å². The van der Waals surface area contributed by atoms with Gasteiger partial charge >= 0.3 is 6.09 Å². The Morgan fingerprint density at radius 3 is 2.68 bits per heavy atom. The minimum atomic E-state index is -0.520. The molecule has 0 aliphatic carbocycles. The highest BCUT2D eigenvalue weighted by Gasteiger charge is 2.22. The molecule has 1 fully saturated rings. The molecule has 0 saturated carbocycles. The number of carbonyl (C=O) groups excluding carboxylic acids is 2. The second-order valence-electron chi connectivity index (χ2n) is 9.25. The first-order valence-electron chi connectivity index (χ1n) is 12.8. The van der Waals surface area contributed by atoms with Gasteiger partial charge in [-0.05, 0) is 67.6 Å². The zero-order chi connectivity index (χ0) is 26.5. The molecule has 0 aromatic heterocycles. The summed E-state index contributed by atoms with van der Waals surface area (Å²) in [5, 5.41) is 9.61. The summed E-state index contributed by atoms with van der Waals surface area (Å²) in [6.07, 6.45) is 3.26. The molecule has 9 heteroatoms. The molecule has 202 valence electrons. The van der Waals surface area contributed by atoms with Crippen LogP contribution in [0.2, 0.25) is 5.02 Å². The van der Waals surface area contributed by atoms with Gasteiger partial charge in [0.25, 0.3) is 5.91 Å². The number of rotatable bonds is 12. The molecule has 2 amide bonds. The second kappa shape index (κ2) is 15.6. The maximum atomic E-state index is 13.3. The zero-order valence-corrected chi connectivity index (χ0v) is 22.4. The molecule has 3 rings (SSSR count). The van der Waals surface area contributed by atoms with E-state index >= 15 is 0 Å². The number of methoxy groups -OCH3 is 1. The Morgan fingerprint density at radius 2 is 1.92 bits per heavy atom. The van der Waals surface area contributed by atoms with Crippen LogP contribution in [0.3, 0.4) is 0 Å². The number of amides is 2. The molecule has 37 heavy (non-hydrogen) atoms. The maximum absolute atomic E-state index is 13.3. The van der Waals surface area contributed by atoms with E-state index in [1.165, 1.54) is 7.11 Å². The van der Waals surface area contributed by atoms with Crippen LogP contribution in [0.25, 0.3) is 0 Å². The minimum absolute atomic E-state index is 0.00257. The summed E-state index contributed by atoms with van der Waals surface area (Å²) in [5.41, 5.74) is 2.22. The fourth-order valence-electron chi connectivity index (χ4n) is 4.57. The molecule has 0 bridgehead atoms. The number of likely N-dealkylation sites (N-methyl/N-ethyl adjacent to an activating group) is 1. The number of benzene rings is 2. The van der Waals surface area contributed by atoms with Gasteiger partial charge in [0.05, 0.1) is 13.7 Å². The molecule has 1 saturated heterocycles. The lowest BCUT2D eigenvalue weighted by Crippen LogP contribution is -2.42. The lowest BCUT2D eigenvalue weighted by molar-refractivity contribution is 0.0803. The molecule has 2 aromatic rings. The normalized spacial score (nSPS) is 17.3. The largest absolute Gasteiger partial charge is 0.453 e. The van der Waals surface area contributed by atoms with Crippen LogP contribution in [0.5, 0.6) is 0 Å². The Bertz CT molecular complexity index is 997. The van der Waals surface area contributed by atoms with Gasteiger partial charge in [-0.2, -0.15) is 0 Å². The monoisotopic (exact) mass is 531 g/mol. The molecule has 0 spiro atoms. The molecule has 8 nitrogen and oxygen atoms in total. The average Bonchev–Trinajstić information content (AvgIpc) is 3.17. The van der Waals surface area contributed by atoms with Gasteiger partial charge < -0.3 is 30.2 Å². The van der Waals surface area contributed by atoms with Gasteiger partial charge in [0.2, 0.25) is 0 Å². The number of halogens is 1. The first-order valence-corrected chi connectivity index (χ1v) is 13.2. The Hall–Kier alpha value is -2.65. The van der Waals surface area contributed by atoms with Gasteiger partial charge in [0.15, 0.2) is 0 Å². The topological polar surface area (TPSA) is 97.9 Å². The standard InChI is InChI=1S/C28H38ClN3O5/c1-30-18-25(15-20-7-3-4-13-36-19-20)32-27(33)23-10-5-8-21(16-23)26(22-9-6-11-24(29)17-22)37-14-12-31-28(34)35-2/h5-6,8-11,16-17,20,25-26,30H,3-4,7,12-15,18-19H2,1-2H3,(H,31,34)(H,32,33). The number of hydrogen-bond acceptors (Lipinski definition) is 6. The van der Waals surface area contributed by atoms with Crippen LogP contribution in [0.4, 0.5) is 4.79 Å². The maximum Gasteiger partial charge on any atom is 0.406 e. The van der Waals surface area contributed by atoms with Gasteiger partial charge in [0, 0.05) is 42.9 Å². The van der Waals surface area contributed by atoms with Crippen molar-refractivity contribution in [3.8, 4) is 0 Å². The van der Waals surface area contributed by atoms with Gasteiger partial charge in [0.1, 0.15) is 6.10 Å². The average molecular weight is 532 g/mol. The van der Waals surface area contributed by atoms with Gasteiger partial charge in [-0.15, -0.1) is 0 Å². The van der Waals surface area contributed by atoms with Crippen molar-refractivity contribution in [2.45, 2.75) is 37.8 Å². The molecular weight excluding hydrogens is 494 g/mol. The predicted molar refractivity (Wildman–Crippen MR) is 144 cm³/mol. The van der Waals surface area contributed by atoms with Crippen molar-refractivity contribution in [3.05, 3.63) is 70.2 Å². The van der Waals surface area contributed by atoms with Crippen molar-refractivity contribution in [1.82, 2.24) is 16.0 Å². The number of nitrogens with one attached hydrogen (secondary N) is 3. The molecule has 1 aliphatic heterocycles. The third-order valence-electron chi connectivity index (χ3n) is 6.35. The van der Waals surface area contributed by atoms with Crippen molar-refractivity contribution in [2.24, 2.45) is 5.92 Å². The van der Waals surface area contributed by atoms with Gasteiger partial charge in [-0.25, -0.2) is 4.79 Å². The van der Waals surface area contributed by atoms with Crippen molar-refractivity contribution in [1.29, 1.82) is 0 Å². The highest BCUT2D eigenvalue weighted by atomic mass is 35.5. The molecular formula is C28H38ClN3O5. The van der Waals surface area contributed by atoms with E-state index in [1.807, 2.05) is 43.4 Å². The lowest BCUT2D eigenvalue weighted by atomic mass is 9.95. The van der Waals surface area contributed by atoms with E-state index in [0.29, 0.717) is 23.0 Å². The van der Waals surface area contributed by atoms with Crippen LogP contribution in [0.1, 0.15) is 53.3 Å². The molecule has 2 aromatic carbocycles. The third-order valence-corrected chi connectivity index (χ3v) is 6.59. The molecule has 0 radical (unpaired) electrons. The highest BCUT2D eigenvalue weighted by molar-refractivity contribution is 6.30. The molecule has 3 N–H and O–H groups in total. The van der Waals surface area contributed by atoms with Crippen molar-refractivity contribution < 1.29 is 23.8 Å². The van der Waals surface area contributed by atoms with Crippen LogP contribution in [-0.4, -0.2) is 65.1 Å². The Kier molecular flexibility index (Phi) is 12.2. The summed E-state index contributed by atoms with van der Waals surface area (Å²) in [6, 6.07) is 14.8. The van der Waals surface area contributed by atoms with Gasteiger partial charge in [-0.3, -0.25) is 4.79 Å². The first kappa shape index (κ1) is 28.9. The Balaban J connectivity index is 1.73. The quantitative estimate of drug-likeness (QED) is 0.353. The molecule has 1 heterocycles. The van der Waals surface area contributed by atoms with E-state index < -0.39 is 12.2 Å². The SMILES string of the molecule is CNCC(CC1CCCCOC1)NC(=O)c1cccc(C(OCCNC(=O)OC)c2cccc(Cl)c2)c1. The van der Waals surface area contributed by atoms with Crippen LogP contribution < -0.4 is 16.0 Å². The Labute approximate surface area is 224 Å². The minimum Gasteiger partial charge on any atom is -0.453 e. The van der Waals surface area contributed by atoms with Crippen LogP contribution in [0.15, 0.2) is 48.5 Å². The Morgan fingerprint density at radius 1 is 1.14 bits per heavy atom. The molecule has 3 atom stereocenters. The highest BCUT2D eigenvalue weighted by Crippen LogP contribution is 2.28. The molecule has 1 aliphatic rings. The number of ether oxygens (including phenoxy) is 3. The fraction of sp³-hybridized carbons (Fsp3) is 0.500. The summed E-state index contributed by atoms with van der Waals surface area (Å²) in [5.74, 6) is 0.306. The zero-order valence-electron chi connectivity index (χ0n) is 21.6. The van der Waals surface area contributed by atoms with Crippen molar-refractivity contribution >= 4 is 23.6 Å². The summed E-state index contributed by atoms with van der Waals surface area (Å²) in [6.45, 7) is 2.77. The van der Waals surface area contributed by atoms with E-state index in [1.54, 1.807) is 12.1 Å². The number of carbonyl (C=O) groups is 2. The number of hydrogen-bond donors (Lipinski definition) is 3. The first-order chi connectivity index (χ1) is 18.0. The predicted octanol–water partition coefficient (Wildman–Crippen LogP) is 4.33. The summed E-state index contributed by atoms with van der Waals surface area (Å²) in [4.78, 5) is 24.7. The van der Waals surface area contributed by atoms with E-state index in [4.69, 9.17) is 21.1 Å². The lowest BCUT2D eigenvalue weighted by Gasteiger charge is -2.24. The summed E-state index contributed by atoms with van der Waals surface area (Å²) in [7, 11) is 3.21. The van der Waals surface area contributed by atoms with E-state index in [2.05, 4.69) is 20.7 Å². The molecule has 3 unspecified atom stereocenters. The van der Waals surface area contributed by atoms with E-state index in [-0.39, 0.29) is 25.1 Å². The van der Waals surface area contributed by atoms with E-state index in [9.17, 15) is 9.59 Å². The van der Waals surface area contributed by atoms with Crippen LogP contribution in [-0.2, 0) is 14.2 Å². The third kappa shape index (κ3) is 9.63. The van der Waals surface area contributed by atoms with Crippen molar-refractivity contribution in [3.63, 3.8) is 0 Å². The summed E-state index contributed by atoms with van der Waals surface area (Å²) < 4.78 is 16.5. The number of alkyl carbamates (subject to hydrolysis) is 1. The smallest absolute Gasteiger partial charge is 0.406 e.